The molecule has 1 aliphatic rings. The number of carbonyl (C=O) groups is 2. The standard InChI is InChI=1S/C25H28FN3O3/c1-5-24(30)29-13-12-28(15-18(29)3)16-23(20-7-6-17(2)22(26)14-20)32-21-10-8-19(9-11-21)25(31)27-4/h5-11,14,23H,1,12-13,15-16H2,2-4H3/p+1/t23-/m1/s1. The first-order chi connectivity index (χ1) is 15.3. The molecule has 1 N–H and O–H groups in total. The van der Waals surface area contributed by atoms with Crippen molar-refractivity contribution in [2.75, 3.05) is 33.2 Å². The molecule has 0 saturated carbocycles. The summed E-state index contributed by atoms with van der Waals surface area (Å²) >= 11 is 0. The number of nitrogens with zero attached hydrogens (tertiary/aromatic N) is 2. The molecule has 0 spiro atoms. The Labute approximate surface area is 188 Å². The number of nitrogens with one attached hydrogen (secondary N) is 1. The first-order valence-corrected chi connectivity index (χ1v) is 10.6. The van der Waals surface area contributed by atoms with Crippen LogP contribution >= 0.6 is 0 Å². The summed E-state index contributed by atoms with van der Waals surface area (Å²) in [7, 11) is 1.58. The number of amides is 2. The van der Waals surface area contributed by atoms with Crippen LogP contribution in [0.25, 0.3) is 0 Å². The number of aryl methyl sites for hydroxylation is 1. The number of carbonyl (C=O) groups excluding carboxylic acids is 2. The third-order valence-electron chi connectivity index (χ3n) is 5.61. The molecule has 3 rings (SSSR count). The maximum atomic E-state index is 14.3. The van der Waals surface area contributed by atoms with Crippen LogP contribution in [-0.4, -0.2) is 60.2 Å². The highest BCUT2D eigenvalue weighted by atomic mass is 19.1. The van der Waals surface area contributed by atoms with Crippen LogP contribution in [0.4, 0.5) is 4.39 Å². The van der Waals surface area contributed by atoms with E-state index in [4.69, 9.17) is 4.74 Å². The van der Waals surface area contributed by atoms with E-state index < -0.39 is 6.10 Å². The van der Waals surface area contributed by atoms with Crippen molar-refractivity contribution >= 4 is 17.5 Å². The van der Waals surface area contributed by atoms with Crippen molar-refractivity contribution in [3.8, 4) is 5.75 Å². The van der Waals surface area contributed by atoms with Gasteiger partial charge in [0.1, 0.15) is 17.7 Å². The van der Waals surface area contributed by atoms with Crippen molar-refractivity contribution in [2.24, 2.45) is 0 Å². The molecule has 1 heterocycles. The summed E-state index contributed by atoms with van der Waals surface area (Å²) in [4.78, 5) is 26.0. The molecule has 2 amide bonds. The van der Waals surface area contributed by atoms with Crippen LogP contribution in [0.5, 0.6) is 5.75 Å². The van der Waals surface area contributed by atoms with Crippen molar-refractivity contribution in [3.63, 3.8) is 0 Å². The molecule has 1 atom stereocenters. The number of benzene rings is 2. The average Bonchev–Trinajstić information content (AvgIpc) is 2.80. The predicted molar refractivity (Wildman–Crippen MR) is 122 cm³/mol. The zero-order valence-electron chi connectivity index (χ0n) is 18.7. The van der Waals surface area contributed by atoms with Gasteiger partial charge >= 0.3 is 5.91 Å². The van der Waals surface area contributed by atoms with Crippen LogP contribution in [0, 0.1) is 12.7 Å². The summed E-state index contributed by atoms with van der Waals surface area (Å²) in [5, 5.41) is 2.59. The highest BCUT2D eigenvalue weighted by molar-refractivity contribution is 5.94. The monoisotopic (exact) mass is 438 g/mol. The number of rotatable bonds is 7. The van der Waals surface area contributed by atoms with Gasteiger partial charge in [0.2, 0.25) is 0 Å². The topological polar surface area (TPSA) is 61.6 Å². The summed E-state index contributed by atoms with van der Waals surface area (Å²) in [5.41, 5.74) is 2.77. The van der Waals surface area contributed by atoms with Gasteiger partial charge in [-0.2, -0.15) is 4.58 Å². The SMILES string of the molecule is C=CC(=O)[N+]1=C(C)CN(C[C@@H](Oc2ccc(C(=O)NC)cc2)c2ccc(C)c(F)c2)CC1. The second kappa shape index (κ2) is 10.3. The number of hydrogen-bond acceptors (Lipinski definition) is 4. The Balaban J connectivity index is 1.82. The van der Waals surface area contributed by atoms with E-state index in [0.29, 0.717) is 43.1 Å². The van der Waals surface area contributed by atoms with Crippen molar-refractivity contribution in [1.82, 2.24) is 10.2 Å². The van der Waals surface area contributed by atoms with E-state index in [9.17, 15) is 14.0 Å². The Bertz CT molecular complexity index is 1050. The molecule has 2 aromatic carbocycles. The van der Waals surface area contributed by atoms with Gasteiger partial charge in [0.25, 0.3) is 5.91 Å². The molecule has 0 saturated heterocycles. The maximum Gasteiger partial charge on any atom is 0.411 e. The highest BCUT2D eigenvalue weighted by Crippen LogP contribution is 2.25. The molecule has 1 aliphatic heterocycles. The Morgan fingerprint density at radius 3 is 2.56 bits per heavy atom. The zero-order chi connectivity index (χ0) is 23.3. The van der Waals surface area contributed by atoms with Gasteiger partial charge in [-0.3, -0.25) is 9.69 Å². The summed E-state index contributed by atoms with van der Waals surface area (Å²) in [6, 6.07) is 12.0. The fraction of sp³-hybridized carbons (Fsp3) is 0.320. The predicted octanol–water partition coefficient (Wildman–Crippen LogP) is 3.12. The average molecular weight is 439 g/mol. The van der Waals surface area contributed by atoms with Crippen LogP contribution in [0.3, 0.4) is 0 Å². The fourth-order valence-corrected chi connectivity index (χ4v) is 3.73. The van der Waals surface area contributed by atoms with E-state index in [1.54, 1.807) is 48.9 Å². The molecule has 32 heavy (non-hydrogen) atoms. The van der Waals surface area contributed by atoms with Crippen LogP contribution < -0.4 is 10.1 Å². The molecular formula is C25H29FN3O3+. The Kier molecular flexibility index (Phi) is 7.53. The summed E-state index contributed by atoms with van der Waals surface area (Å²) in [6.07, 6.45) is 0.896. The smallest absolute Gasteiger partial charge is 0.411 e. The summed E-state index contributed by atoms with van der Waals surface area (Å²) in [5.74, 6) is 0.0263. The minimum atomic E-state index is -0.426. The lowest BCUT2D eigenvalue weighted by Crippen LogP contribution is -2.47. The molecule has 6 nitrogen and oxygen atoms in total. The van der Waals surface area contributed by atoms with E-state index >= 15 is 0 Å². The number of hydrogen-bond donors (Lipinski definition) is 1. The quantitative estimate of drug-likeness (QED) is 0.533. The molecule has 0 aromatic heterocycles. The minimum absolute atomic E-state index is 0.105. The number of ether oxygens (including phenoxy) is 1. The van der Waals surface area contributed by atoms with Gasteiger partial charge in [0.15, 0.2) is 12.3 Å². The first-order valence-electron chi connectivity index (χ1n) is 10.6. The van der Waals surface area contributed by atoms with E-state index in [1.807, 2.05) is 13.0 Å². The third-order valence-corrected chi connectivity index (χ3v) is 5.61. The highest BCUT2D eigenvalue weighted by Gasteiger charge is 2.29. The molecule has 168 valence electrons. The van der Waals surface area contributed by atoms with Crippen molar-refractivity contribution < 1.29 is 23.3 Å². The Morgan fingerprint density at radius 1 is 1.25 bits per heavy atom. The molecule has 7 heteroatoms. The Hall–Kier alpha value is -3.32. The van der Waals surface area contributed by atoms with Crippen molar-refractivity contribution in [2.45, 2.75) is 20.0 Å². The van der Waals surface area contributed by atoms with Gasteiger partial charge in [-0.25, -0.2) is 9.18 Å². The van der Waals surface area contributed by atoms with Crippen molar-refractivity contribution in [1.29, 1.82) is 0 Å². The van der Waals surface area contributed by atoms with Gasteiger partial charge < -0.3 is 10.1 Å². The van der Waals surface area contributed by atoms with Gasteiger partial charge in [-0.15, -0.1) is 0 Å². The van der Waals surface area contributed by atoms with Crippen molar-refractivity contribution in [3.05, 3.63) is 77.6 Å². The summed E-state index contributed by atoms with van der Waals surface area (Å²) in [6.45, 7) is 9.56. The second-order valence-corrected chi connectivity index (χ2v) is 7.88. The zero-order valence-corrected chi connectivity index (χ0v) is 18.7. The van der Waals surface area contributed by atoms with E-state index in [0.717, 1.165) is 11.3 Å². The summed E-state index contributed by atoms with van der Waals surface area (Å²) < 4.78 is 22.3. The molecule has 2 aromatic rings. The van der Waals surface area contributed by atoms with Gasteiger partial charge in [0.05, 0.1) is 13.1 Å². The Morgan fingerprint density at radius 2 is 1.97 bits per heavy atom. The lowest BCUT2D eigenvalue weighted by Gasteiger charge is -2.29. The molecule has 0 fully saturated rings. The lowest BCUT2D eigenvalue weighted by molar-refractivity contribution is -0.451. The van der Waals surface area contributed by atoms with Crippen LogP contribution in [0.2, 0.25) is 0 Å². The van der Waals surface area contributed by atoms with Gasteiger partial charge in [-0.05, 0) is 48.4 Å². The molecule has 0 radical (unpaired) electrons. The van der Waals surface area contributed by atoms with E-state index in [1.165, 1.54) is 12.1 Å². The maximum absolute atomic E-state index is 14.3. The molecule has 0 aliphatic carbocycles. The molecule has 0 bridgehead atoms. The second-order valence-electron chi connectivity index (χ2n) is 7.88. The van der Waals surface area contributed by atoms with Crippen LogP contribution in [0.1, 0.15) is 34.5 Å². The lowest BCUT2D eigenvalue weighted by atomic mass is 10.1. The van der Waals surface area contributed by atoms with E-state index in [2.05, 4.69) is 16.8 Å². The van der Waals surface area contributed by atoms with Crippen LogP contribution in [-0.2, 0) is 4.79 Å². The van der Waals surface area contributed by atoms with Gasteiger partial charge in [0, 0.05) is 32.2 Å². The number of halogens is 1. The molecular weight excluding hydrogens is 409 g/mol. The van der Waals surface area contributed by atoms with E-state index in [-0.39, 0.29) is 17.6 Å². The fourth-order valence-electron chi connectivity index (χ4n) is 3.73. The minimum Gasteiger partial charge on any atom is -0.484 e. The largest absolute Gasteiger partial charge is 0.484 e. The molecule has 0 unspecified atom stereocenters. The first kappa shape index (κ1) is 23.3. The van der Waals surface area contributed by atoms with Crippen LogP contribution in [0.15, 0.2) is 55.1 Å². The van der Waals surface area contributed by atoms with Gasteiger partial charge in [-0.1, -0.05) is 18.7 Å². The third kappa shape index (κ3) is 5.48. The normalized spacial score (nSPS) is 15.2.